The molecule has 0 saturated carbocycles. The van der Waals surface area contributed by atoms with Gasteiger partial charge < -0.3 is 14.5 Å². The molecule has 18 heavy (non-hydrogen) atoms. The quantitative estimate of drug-likeness (QED) is 0.700. The Labute approximate surface area is 111 Å². The van der Waals surface area contributed by atoms with Gasteiger partial charge in [-0.15, -0.1) is 0 Å². The second-order valence-corrected chi connectivity index (χ2v) is 6.23. The molecule has 1 fully saturated rings. The monoisotopic (exact) mass is 256 g/mol. The normalized spacial score (nSPS) is 18.9. The molecule has 0 aromatic rings. The lowest BCUT2D eigenvalue weighted by Crippen LogP contribution is -2.49. The first-order valence-corrected chi connectivity index (χ1v) is 7.01. The van der Waals surface area contributed by atoms with Crippen molar-refractivity contribution < 1.29 is 9.53 Å². The molecular formula is C14H28N2O2. The van der Waals surface area contributed by atoms with Gasteiger partial charge in [-0.2, -0.15) is 0 Å². The molecule has 0 atom stereocenters. The average Bonchev–Trinajstić information content (AvgIpc) is 2.26. The van der Waals surface area contributed by atoms with Gasteiger partial charge in [-0.3, -0.25) is 4.79 Å². The first kappa shape index (κ1) is 15.4. The second-order valence-electron chi connectivity index (χ2n) is 6.23. The summed E-state index contributed by atoms with van der Waals surface area (Å²) >= 11 is 0. The maximum Gasteiger partial charge on any atom is 0.307 e. The number of carbonyl (C=O) groups excluding carboxylic acids is 1. The molecular weight excluding hydrogens is 228 g/mol. The van der Waals surface area contributed by atoms with E-state index in [1.165, 1.54) is 0 Å². The summed E-state index contributed by atoms with van der Waals surface area (Å²) in [5.41, 5.74) is 0.368. The second kappa shape index (κ2) is 7.10. The summed E-state index contributed by atoms with van der Waals surface area (Å²) in [6.45, 7) is 15.5. The Kier molecular flexibility index (Phi) is 6.09. The Balaban J connectivity index is 2.17. The number of carbonyl (C=O) groups is 1. The van der Waals surface area contributed by atoms with Crippen molar-refractivity contribution in [1.82, 2.24) is 9.80 Å². The minimum absolute atomic E-state index is 0.0744. The van der Waals surface area contributed by atoms with Crippen molar-refractivity contribution in [2.24, 2.45) is 5.41 Å². The molecule has 1 aliphatic rings. The minimum atomic E-state index is -0.0744. The van der Waals surface area contributed by atoms with E-state index < -0.39 is 0 Å². The van der Waals surface area contributed by atoms with Crippen molar-refractivity contribution in [3.8, 4) is 0 Å². The molecule has 1 aliphatic heterocycles. The van der Waals surface area contributed by atoms with Gasteiger partial charge in [0.1, 0.15) is 0 Å². The van der Waals surface area contributed by atoms with Crippen LogP contribution in [0.4, 0.5) is 0 Å². The lowest BCUT2D eigenvalue weighted by molar-refractivity contribution is -0.143. The van der Waals surface area contributed by atoms with Crippen molar-refractivity contribution in [2.45, 2.75) is 34.1 Å². The highest BCUT2D eigenvalue weighted by molar-refractivity contribution is 5.69. The molecule has 0 aromatic carbocycles. The molecule has 1 saturated heterocycles. The zero-order chi connectivity index (χ0) is 13.6. The van der Waals surface area contributed by atoms with Crippen molar-refractivity contribution in [3.05, 3.63) is 0 Å². The van der Waals surface area contributed by atoms with Crippen LogP contribution in [0.2, 0.25) is 0 Å². The summed E-state index contributed by atoms with van der Waals surface area (Å²) in [5.74, 6) is -0.0744. The van der Waals surface area contributed by atoms with Crippen molar-refractivity contribution >= 4 is 5.97 Å². The molecule has 0 unspecified atom stereocenters. The van der Waals surface area contributed by atoms with E-state index in [1.807, 2.05) is 6.92 Å². The van der Waals surface area contributed by atoms with Crippen molar-refractivity contribution in [3.63, 3.8) is 0 Å². The third-order valence-electron chi connectivity index (χ3n) is 3.10. The highest BCUT2D eigenvalue weighted by Gasteiger charge is 2.21. The first-order chi connectivity index (χ1) is 8.40. The van der Waals surface area contributed by atoms with Gasteiger partial charge in [-0.25, -0.2) is 0 Å². The van der Waals surface area contributed by atoms with Crippen LogP contribution in [0.15, 0.2) is 0 Å². The van der Waals surface area contributed by atoms with Gasteiger partial charge in [-0.05, 0) is 12.3 Å². The zero-order valence-corrected chi connectivity index (χ0v) is 12.4. The van der Waals surface area contributed by atoms with Crippen LogP contribution in [-0.4, -0.2) is 61.6 Å². The van der Waals surface area contributed by atoms with Gasteiger partial charge >= 0.3 is 5.97 Å². The standard InChI is InChI=1S/C14H28N2O2/c1-5-18-13(17)6-7-15-8-10-16(11-9-15)12-14(2,3)4/h5-12H2,1-4H3. The smallest absolute Gasteiger partial charge is 0.307 e. The predicted molar refractivity (Wildman–Crippen MR) is 73.6 cm³/mol. The fourth-order valence-electron chi connectivity index (χ4n) is 2.32. The van der Waals surface area contributed by atoms with Gasteiger partial charge in [0.05, 0.1) is 13.0 Å². The van der Waals surface area contributed by atoms with E-state index in [-0.39, 0.29) is 5.97 Å². The summed E-state index contributed by atoms with van der Waals surface area (Å²) in [6, 6.07) is 0. The Hall–Kier alpha value is -0.610. The largest absolute Gasteiger partial charge is 0.466 e. The third-order valence-corrected chi connectivity index (χ3v) is 3.10. The number of hydrogen-bond acceptors (Lipinski definition) is 4. The van der Waals surface area contributed by atoms with Crippen LogP contribution in [-0.2, 0) is 9.53 Å². The van der Waals surface area contributed by atoms with Gasteiger partial charge in [0.25, 0.3) is 0 Å². The zero-order valence-electron chi connectivity index (χ0n) is 12.4. The Morgan fingerprint density at radius 3 is 2.17 bits per heavy atom. The van der Waals surface area contributed by atoms with E-state index in [0.717, 1.165) is 39.3 Å². The molecule has 0 bridgehead atoms. The lowest BCUT2D eigenvalue weighted by Gasteiger charge is -2.37. The average molecular weight is 256 g/mol. The molecule has 106 valence electrons. The number of nitrogens with zero attached hydrogens (tertiary/aromatic N) is 2. The molecule has 1 heterocycles. The van der Waals surface area contributed by atoms with Crippen molar-refractivity contribution in [2.75, 3.05) is 45.9 Å². The maximum absolute atomic E-state index is 11.3. The fraction of sp³-hybridized carbons (Fsp3) is 0.929. The fourth-order valence-corrected chi connectivity index (χ4v) is 2.32. The predicted octanol–water partition coefficient (Wildman–Crippen LogP) is 1.60. The van der Waals surface area contributed by atoms with E-state index >= 15 is 0 Å². The Morgan fingerprint density at radius 2 is 1.67 bits per heavy atom. The molecule has 0 N–H and O–H groups in total. The van der Waals surface area contributed by atoms with E-state index in [2.05, 4.69) is 30.6 Å². The highest BCUT2D eigenvalue weighted by Crippen LogP contribution is 2.16. The summed E-state index contributed by atoms with van der Waals surface area (Å²) < 4.78 is 4.94. The Bertz CT molecular complexity index is 253. The summed E-state index contributed by atoms with van der Waals surface area (Å²) in [7, 11) is 0. The molecule has 0 aliphatic carbocycles. The molecule has 4 nitrogen and oxygen atoms in total. The van der Waals surface area contributed by atoms with E-state index in [1.54, 1.807) is 0 Å². The number of esters is 1. The van der Waals surface area contributed by atoms with Crippen LogP contribution >= 0.6 is 0 Å². The van der Waals surface area contributed by atoms with Crippen molar-refractivity contribution in [1.29, 1.82) is 0 Å². The van der Waals surface area contributed by atoms with Crippen LogP contribution in [0.3, 0.4) is 0 Å². The molecule has 4 heteroatoms. The van der Waals surface area contributed by atoms with Gasteiger partial charge in [0.15, 0.2) is 0 Å². The van der Waals surface area contributed by atoms with Crippen LogP contribution in [0, 0.1) is 5.41 Å². The molecule has 0 radical (unpaired) electrons. The van der Waals surface area contributed by atoms with E-state index in [9.17, 15) is 4.79 Å². The Morgan fingerprint density at radius 1 is 1.11 bits per heavy atom. The molecule has 0 spiro atoms. The van der Waals surface area contributed by atoms with Gasteiger partial charge in [0.2, 0.25) is 0 Å². The lowest BCUT2D eigenvalue weighted by atomic mass is 9.96. The molecule has 1 rings (SSSR count). The van der Waals surface area contributed by atoms with Crippen LogP contribution in [0.1, 0.15) is 34.1 Å². The topological polar surface area (TPSA) is 32.8 Å². The van der Waals surface area contributed by atoms with E-state index in [4.69, 9.17) is 4.74 Å². The highest BCUT2D eigenvalue weighted by atomic mass is 16.5. The number of hydrogen-bond donors (Lipinski definition) is 0. The van der Waals surface area contributed by atoms with Crippen LogP contribution in [0.5, 0.6) is 0 Å². The van der Waals surface area contributed by atoms with Crippen LogP contribution < -0.4 is 0 Å². The number of piperazine rings is 1. The van der Waals surface area contributed by atoms with Gasteiger partial charge in [-0.1, -0.05) is 20.8 Å². The summed E-state index contributed by atoms with van der Waals surface area (Å²) in [4.78, 5) is 16.2. The number of rotatable bonds is 5. The van der Waals surface area contributed by atoms with Crippen LogP contribution in [0.25, 0.3) is 0 Å². The minimum Gasteiger partial charge on any atom is -0.466 e. The van der Waals surface area contributed by atoms with Gasteiger partial charge in [0, 0.05) is 39.3 Å². The summed E-state index contributed by atoms with van der Waals surface area (Å²) in [6.07, 6.45) is 0.521. The SMILES string of the molecule is CCOC(=O)CCN1CCN(CC(C)(C)C)CC1. The summed E-state index contributed by atoms with van der Waals surface area (Å²) in [5, 5.41) is 0. The van der Waals surface area contributed by atoms with E-state index in [0.29, 0.717) is 18.4 Å². The third kappa shape index (κ3) is 6.36. The molecule has 0 aromatic heterocycles. The number of ether oxygens (including phenoxy) is 1. The first-order valence-electron chi connectivity index (χ1n) is 7.01. The maximum atomic E-state index is 11.3. The molecule has 0 amide bonds.